The molecule has 23 heavy (non-hydrogen) atoms. The molecule has 1 aromatic rings. The Balaban J connectivity index is 1.83. The van der Waals surface area contributed by atoms with Gasteiger partial charge in [-0.15, -0.1) is 0 Å². The zero-order valence-corrected chi connectivity index (χ0v) is 13.5. The zero-order chi connectivity index (χ0) is 16.0. The third-order valence-corrected chi connectivity index (χ3v) is 6.88. The van der Waals surface area contributed by atoms with E-state index in [1.54, 1.807) is 0 Å². The molecule has 0 aromatic heterocycles. The maximum Gasteiger partial charge on any atom is 0.442 e. The Morgan fingerprint density at radius 2 is 1.87 bits per heavy atom. The number of fused-ring (bicyclic) bond motifs is 1. The van der Waals surface area contributed by atoms with E-state index < -0.39 is 22.5 Å². The molecule has 0 atom stereocenters. The van der Waals surface area contributed by atoms with Gasteiger partial charge in [-0.3, -0.25) is 4.90 Å². The molecular weight excluding hydrogens is 316 g/mol. The summed E-state index contributed by atoms with van der Waals surface area (Å²) in [6, 6.07) is 9.46. The number of carbonyl (C=O) groups is 2. The van der Waals surface area contributed by atoms with Gasteiger partial charge in [0, 0.05) is 25.1 Å². The summed E-state index contributed by atoms with van der Waals surface area (Å²) in [5.41, 5.74) is 1.69. The van der Waals surface area contributed by atoms with E-state index in [4.69, 9.17) is 13.4 Å². The van der Waals surface area contributed by atoms with Gasteiger partial charge in [-0.1, -0.05) is 37.3 Å². The van der Waals surface area contributed by atoms with Crippen LogP contribution in [0.25, 0.3) is 0 Å². The van der Waals surface area contributed by atoms with Crippen LogP contribution in [0, 0.1) is 0 Å². The van der Waals surface area contributed by atoms with Crippen LogP contribution in [0.4, 0.5) is 0 Å². The van der Waals surface area contributed by atoms with Crippen molar-refractivity contribution >= 4 is 27.6 Å². The lowest BCUT2D eigenvalue weighted by molar-refractivity contribution is -0.150. The average molecular weight is 332 g/mol. The summed E-state index contributed by atoms with van der Waals surface area (Å²) in [7, 11) is -2.55. The van der Waals surface area contributed by atoms with Crippen LogP contribution < -0.4 is 0 Å². The lowest BCUT2D eigenvalue weighted by Gasteiger charge is -2.37. The van der Waals surface area contributed by atoms with Crippen LogP contribution >= 0.6 is 10.6 Å². The van der Waals surface area contributed by atoms with Crippen LogP contribution in [0.2, 0.25) is 0 Å². The molecule has 3 aliphatic heterocycles. The minimum absolute atomic E-state index is 0.570. The molecule has 3 heterocycles. The first-order valence-corrected chi connectivity index (χ1v) is 9.01. The largest absolute Gasteiger partial charge is 0.442 e. The van der Waals surface area contributed by atoms with Crippen LogP contribution in [0.5, 0.6) is 0 Å². The minimum Gasteiger partial charge on any atom is -0.323 e. The first kappa shape index (κ1) is 14.5. The number of rotatable bonds is 2. The second kappa shape index (κ2) is 5.21. The quantitative estimate of drug-likeness (QED) is 0.776. The van der Waals surface area contributed by atoms with Crippen molar-refractivity contribution in [2.75, 3.05) is 19.6 Å². The van der Waals surface area contributed by atoms with Gasteiger partial charge in [-0.05, 0) is 17.1 Å². The molecule has 3 aliphatic rings. The standard InChI is InChI=1S/C16H16N2O4S/c1-2-18-9-8-13-12(10-18)17-14(11-6-4-3-5-7-11)23(13)21-15(19)16(20)22-23/h3-7H,2,8-10H2,1H3. The van der Waals surface area contributed by atoms with E-state index in [1.807, 2.05) is 30.3 Å². The fraction of sp³-hybridized carbons (Fsp3) is 0.312. The van der Waals surface area contributed by atoms with E-state index >= 15 is 0 Å². The van der Waals surface area contributed by atoms with Gasteiger partial charge < -0.3 is 8.37 Å². The molecule has 1 aromatic carbocycles. The first-order valence-electron chi connectivity index (χ1n) is 7.53. The van der Waals surface area contributed by atoms with Crippen molar-refractivity contribution in [1.29, 1.82) is 0 Å². The Morgan fingerprint density at radius 3 is 2.52 bits per heavy atom. The van der Waals surface area contributed by atoms with E-state index in [-0.39, 0.29) is 0 Å². The van der Waals surface area contributed by atoms with Crippen LogP contribution in [0.1, 0.15) is 18.9 Å². The molecule has 0 bridgehead atoms. The third kappa shape index (κ3) is 2.11. The number of nitrogens with zero attached hydrogens (tertiary/aromatic N) is 2. The van der Waals surface area contributed by atoms with Crippen LogP contribution in [0.3, 0.4) is 0 Å². The zero-order valence-electron chi connectivity index (χ0n) is 12.7. The SMILES string of the molecule is CCN1CCC2=C(C1)N=C(c1ccccc1)S21OC(=O)C(=O)O1. The highest BCUT2D eigenvalue weighted by atomic mass is 32.3. The molecule has 6 nitrogen and oxygen atoms in total. The van der Waals surface area contributed by atoms with Crippen molar-refractivity contribution in [1.82, 2.24) is 4.90 Å². The Morgan fingerprint density at radius 1 is 1.17 bits per heavy atom. The molecule has 0 amide bonds. The Kier molecular flexibility index (Phi) is 3.28. The summed E-state index contributed by atoms with van der Waals surface area (Å²) >= 11 is 0. The highest BCUT2D eigenvalue weighted by Crippen LogP contribution is 2.68. The summed E-state index contributed by atoms with van der Waals surface area (Å²) in [6.45, 7) is 4.55. The second-order valence-corrected chi connectivity index (χ2v) is 7.74. The van der Waals surface area contributed by atoms with E-state index in [1.165, 1.54) is 0 Å². The summed E-state index contributed by atoms with van der Waals surface area (Å²) in [4.78, 5) is 31.3. The number of hydrogen-bond acceptors (Lipinski definition) is 6. The van der Waals surface area contributed by atoms with Crippen molar-refractivity contribution in [3.05, 3.63) is 46.5 Å². The molecule has 0 unspecified atom stereocenters. The fourth-order valence-corrected chi connectivity index (χ4v) is 5.66. The number of likely N-dealkylation sites (N-methyl/N-ethyl adjacent to an activating group) is 1. The summed E-state index contributed by atoms with van der Waals surface area (Å²) in [6.07, 6.45) is 0.693. The lowest BCUT2D eigenvalue weighted by Crippen LogP contribution is -2.31. The number of benzene rings is 1. The van der Waals surface area contributed by atoms with E-state index in [2.05, 4.69) is 11.8 Å². The molecule has 0 saturated carbocycles. The van der Waals surface area contributed by atoms with Gasteiger partial charge in [0.2, 0.25) is 0 Å². The minimum atomic E-state index is -2.55. The van der Waals surface area contributed by atoms with Gasteiger partial charge in [-0.25, -0.2) is 14.6 Å². The molecule has 1 saturated heterocycles. The molecule has 0 radical (unpaired) electrons. The summed E-state index contributed by atoms with van der Waals surface area (Å²) in [5, 5.41) is 0.570. The highest BCUT2D eigenvalue weighted by molar-refractivity contribution is 8.42. The average Bonchev–Trinajstić information content (AvgIpc) is 3.05. The number of hydrogen-bond donors (Lipinski definition) is 0. The lowest BCUT2D eigenvalue weighted by atomic mass is 10.2. The predicted molar refractivity (Wildman–Crippen MR) is 86.5 cm³/mol. The van der Waals surface area contributed by atoms with Crippen molar-refractivity contribution in [3.63, 3.8) is 0 Å². The Bertz CT molecular complexity index is 741. The van der Waals surface area contributed by atoms with Crippen LogP contribution in [-0.4, -0.2) is 41.5 Å². The van der Waals surface area contributed by atoms with Crippen molar-refractivity contribution in [3.8, 4) is 0 Å². The van der Waals surface area contributed by atoms with E-state index in [0.29, 0.717) is 18.0 Å². The second-order valence-electron chi connectivity index (χ2n) is 5.52. The summed E-state index contributed by atoms with van der Waals surface area (Å²) in [5.74, 6) is -1.84. The molecule has 1 fully saturated rings. The molecule has 4 rings (SSSR count). The maximum absolute atomic E-state index is 11.7. The first-order chi connectivity index (χ1) is 11.1. The van der Waals surface area contributed by atoms with Gasteiger partial charge in [-0.2, -0.15) is 0 Å². The predicted octanol–water partition coefficient (Wildman–Crippen LogP) is 2.12. The monoisotopic (exact) mass is 332 g/mol. The van der Waals surface area contributed by atoms with Crippen LogP contribution in [0.15, 0.2) is 45.9 Å². The van der Waals surface area contributed by atoms with E-state index in [0.717, 1.165) is 29.3 Å². The van der Waals surface area contributed by atoms with Gasteiger partial charge in [0.25, 0.3) is 0 Å². The number of aliphatic imine (C=N–C) groups is 1. The fourth-order valence-electron chi connectivity index (χ4n) is 3.02. The van der Waals surface area contributed by atoms with Crippen molar-refractivity contribution in [2.45, 2.75) is 13.3 Å². The maximum atomic E-state index is 11.7. The Hall–Kier alpha value is -2.12. The topological polar surface area (TPSA) is 68.2 Å². The van der Waals surface area contributed by atoms with Gasteiger partial charge in [0.05, 0.1) is 10.6 Å². The molecule has 1 spiro atoms. The Labute approximate surface area is 135 Å². The van der Waals surface area contributed by atoms with E-state index in [9.17, 15) is 9.59 Å². The molecule has 7 heteroatoms. The molecular formula is C16H16N2O4S. The molecule has 0 N–H and O–H groups in total. The van der Waals surface area contributed by atoms with Crippen LogP contribution in [-0.2, 0) is 18.0 Å². The van der Waals surface area contributed by atoms with Crippen molar-refractivity contribution < 1.29 is 18.0 Å². The highest BCUT2D eigenvalue weighted by Gasteiger charge is 2.53. The smallest absolute Gasteiger partial charge is 0.323 e. The molecule has 120 valence electrons. The van der Waals surface area contributed by atoms with Crippen molar-refractivity contribution in [2.24, 2.45) is 4.99 Å². The van der Waals surface area contributed by atoms with Gasteiger partial charge in [0.1, 0.15) is 0 Å². The number of carbonyl (C=O) groups excluding carboxylic acids is 2. The summed E-state index contributed by atoms with van der Waals surface area (Å²) < 4.78 is 11.0. The molecule has 0 aliphatic carbocycles. The third-order valence-electron chi connectivity index (χ3n) is 4.19. The van der Waals surface area contributed by atoms with Gasteiger partial charge >= 0.3 is 11.9 Å². The normalized spacial score (nSPS) is 24.3. The van der Waals surface area contributed by atoms with Gasteiger partial charge in [0.15, 0.2) is 5.04 Å².